The van der Waals surface area contributed by atoms with E-state index in [1.807, 2.05) is 0 Å². The van der Waals surface area contributed by atoms with E-state index in [1.165, 1.54) is 7.11 Å². The molecule has 1 unspecified atom stereocenters. The molecule has 2 N–H and O–H groups in total. The number of morpholine rings is 1. The lowest BCUT2D eigenvalue weighted by Gasteiger charge is -2.35. The van der Waals surface area contributed by atoms with Gasteiger partial charge in [0.05, 0.1) is 20.3 Å². The number of rotatable bonds is 10. The molecule has 146 valence electrons. The van der Waals surface area contributed by atoms with Gasteiger partial charge in [0.2, 0.25) is 0 Å². The van der Waals surface area contributed by atoms with Gasteiger partial charge in [-0.25, -0.2) is 0 Å². The Labute approximate surface area is 152 Å². The summed E-state index contributed by atoms with van der Waals surface area (Å²) in [6.45, 7) is 9.84. The summed E-state index contributed by atoms with van der Waals surface area (Å²) >= 11 is 0. The van der Waals surface area contributed by atoms with Gasteiger partial charge in [0.15, 0.2) is 5.96 Å². The zero-order chi connectivity index (χ0) is 18.5. The first-order valence-corrected chi connectivity index (χ1v) is 9.40. The van der Waals surface area contributed by atoms with Crippen LogP contribution in [0, 0.1) is 5.92 Å². The van der Waals surface area contributed by atoms with E-state index in [9.17, 15) is 4.79 Å². The van der Waals surface area contributed by atoms with E-state index in [-0.39, 0.29) is 5.97 Å². The summed E-state index contributed by atoms with van der Waals surface area (Å²) in [5.41, 5.74) is 0. The predicted octanol–water partition coefficient (Wildman–Crippen LogP) is 1.24. The van der Waals surface area contributed by atoms with E-state index >= 15 is 0 Å². The van der Waals surface area contributed by atoms with Crippen molar-refractivity contribution in [3.63, 3.8) is 0 Å². The van der Waals surface area contributed by atoms with E-state index in [4.69, 9.17) is 4.74 Å². The molecular formula is C18H36N4O3. The monoisotopic (exact) mass is 356 g/mol. The van der Waals surface area contributed by atoms with Gasteiger partial charge in [-0.3, -0.25) is 14.7 Å². The first kappa shape index (κ1) is 21.7. The van der Waals surface area contributed by atoms with Crippen LogP contribution < -0.4 is 10.6 Å². The molecule has 1 rings (SSSR count). The van der Waals surface area contributed by atoms with Gasteiger partial charge in [-0.2, -0.15) is 0 Å². The smallest absolute Gasteiger partial charge is 0.305 e. The SMILES string of the molecule is CN=C(NCCCCC(=O)OC)NCC(CC(C)C)N1CCOCC1. The third-order valence-electron chi connectivity index (χ3n) is 4.36. The van der Waals surface area contributed by atoms with Crippen molar-refractivity contribution in [2.75, 3.05) is 53.6 Å². The summed E-state index contributed by atoms with van der Waals surface area (Å²) in [4.78, 5) is 17.9. The van der Waals surface area contributed by atoms with Crippen LogP contribution >= 0.6 is 0 Å². The van der Waals surface area contributed by atoms with Crippen molar-refractivity contribution >= 4 is 11.9 Å². The van der Waals surface area contributed by atoms with Crippen molar-refractivity contribution in [2.24, 2.45) is 10.9 Å². The third kappa shape index (κ3) is 9.65. The minimum Gasteiger partial charge on any atom is -0.469 e. The van der Waals surface area contributed by atoms with Crippen molar-refractivity contribution in [1.82, 2.24) is 15.5 Å². The highest BCUT2D eigenvalue weighted by atomic mass is 16.5. The summed E-state index contributed by atoms with van der Waals surface area (Å²) in [6, 6.07) is 0.488. The van der Waals surface area contributed by atoms with E-state index in [2.05, 4.69) is 39.1 Å². The summed E-state index contributed by atoms with van der Waals surface area (Å²) in [5.74, 6) is 1.33. The molecule has 25 heavy (non-hydrogen) atoms. The second-order valence-electron chi connectivity index (χ2n) is 6.84. The third-order valence-corrected chi connectivity index (χ3v) is 4.36. The maximum atomic E-state index is 11.1. The number of unbranched alkanes of at least 4 members (excludes halogenated alkanes) is 1. The lowest BCUT2D eigenvalue weighted by molar-refractivity contribution is -0.140. The van der Waals surface area contributed by atoms with Crippen LogP contribution in [-0.2, 0) is 14.3 Å². The normalized spacial score (nSPS) is 17.4. The second kappa shape index (κ2) is 12.9. The lowest BCUT2D eigenvalue weighted by Crippen LogP contribution is -2.51. The molecule has 7 heteroatoms. The molecule has 0 radical (unpaired) electrons. The summed E-state index contributed by atoms with van der Waals surface area (Å²) in [6.07, 6.45) is 3.36. The molecule has 1 saturated heterocycles. The topological polar surface area (TPSA) is 75.2 Å². The number of nitrogens with one attached hydrogen (secondary N) is 2. The Morgan fingerprint density at radius 1 is 1.24 bits per heavy atom. The highest BCUT2D eigenvalue weighted by molar-refractivity contribution is 5.79. The highest BCUT2D eigenvalue weighted by Gasteiger charge is 2.22. The zero-order valence-electron chi connectivity index (χ0n) is 16.3. The maximum absolute atomic E-state index is 11.1. The second-order valence-corrected chi connectivity index (χ2v) is 6.84. The molecule has 1 atom stereocenters. The minimum absolute atomic E-state index is 0.149. The molecule has 0 spiro atoms. The van der Waals surface area contributed by atoms with Crippen molar-refractivity contribution in [2.45, 2.75) is 45.6 Å². The average molecular weight is 357 g/mol. The number of methoxy groups -OCH3 is 1. The first-order chi connectivity index (χ1) is 12.1. The van der Waals surface area contributed by atoms with Gasteiger partial charge < -0.3 is 20.1 Å². The minimum atomic E-state index is -0.149. The Balaban J connectivity index is 2.32. The number of hydrogen-bond donors (Lipinski definition) is 2. The molecule has 1 fully saturated rings. The molecule has 1 aliphatic heterocycles. The number of aliphatic imine (C=N–C) groups is 1. The predicted molar refractivity (Wildman–Crippen MR) is 101 cm³/mol. The number of carbonyl (C=O) groups is 1. The number of esters is 1. The Morgan fingerprint density at radius 2 is 1.96 bits per heavy atom. The van der Waals surface area contributed by atoms with Gasteiger partial charge in [-0.15, -0.1) is 0 Å². The number of hydrogen-bond acceptors (Lipinski definition) is 5. The van der Waals surface area contributed by atoms with Gasteiger partial charge >= 0.3 is 5.97 Å². The molecule has 0 aromatic rings. The summed E-state index contributed by atoms with van der Waals surface area (Å²) in [7, 11) is 3.21. The molecule has 0 amide bonds. The van der Waals surface area contributed by atoms with Crippen LogP contribution in [0.1, 0.15) is 39.5 Å². The Kier molecular flexibility index (Phi) is 11.2. The van der Waals surface area contributed by atoms with Crippen LogP contribution in [0.2, 0.25) is 0 Å². The van der Waals surface area contributed by atoms with Crippen LogP contribution in [-0.4, -0.2) is 76.4 Å². The molecule has 0 aliphatic carbocycles. The molecule has 7 nitrogen and oxygen atoms in total. The fourth-order valence-corrected chi connectivity index (χ4v) is 2.99. The van der Waals surface area contributed by atoms with E-state index in [1.54, 1.807) is 7.05 Å². The van der Waals surface area contributed by atoms with Crippen molar-refractivity contribution in [3.8, 4) is 0 Å². The highest BCUT2D eigenvalue weighted by Crippen LogP contribution is 2.12. The summed E-state index contributed by atoms with van der Waals surface area (Å²) in [5, 5.41) is 6.76. The van der Waals surface area contributed by atoms with Crippen LogP contribution in [0.4, 0.5) is 0 Å². The number of nitrogens with zero attached hydrogens (tertiary/aromatic N) is 2. The van der Waals surface area contributed by atoms with Crippen LogP contribution in [0.25, 0.3) is 0 Å². The summed E-state index contributed by atoms with van der Waals surface area (Å²) < 4.78 is 10.1. The van der Waals surface area contributed by atoms with E-state index in [0.29, 0.717) is 18.4 Å². The van der Waals surface area contributed by atoms with Gasteiger partial charge in [0.1, 0.15) is 0 Å². The Hall–Kier alpha value is -1.34. The van der Waals surface area contributed by atoms with Crippen LogP contribution in [0.3, 0.4) is 0 Å². The first-order valence-electron chi connectivity index (χ1n) is 9.40. The molecule has 0 bridgehead atoms. The van der Waals surface area contributed by atoms with Crippen molar-refractivity contribution in [3.05, 3.63) is 0 Å². The van der Waals surface area contributed by atoms with E-state index in [0.717, 1.165) is 64.6 Å². The van der Waals surface area contributed by atoms with Gasteiger partial charge in [0.25, 0.3) is 0 Å². The molecule has 1 heterocycles. The maximum Gasteiger partial charge on any atom is 0.305 e. The molecule has 0 aromatic heterocycles. The lowest BCUT2D eigenvalue weighted by atomic mass is 10.0. The van der Waals surface area contributed by atoms with Crippen molar-refractivity contribution < 1.29 is 14.3 Å². The Morgan fingerprint density at radius 3 is 2.56 bits per heavy atom. The van der Waals surface area contributed by atoms with Gasteiger partial charge in [0, 0.05) is 45.7 Å². The fraction of sp³-hybridized carbons (Fsp3) is 0.889. The van der Waals surface area contributed by atoms with Crippen LogP contribution in [0.15, 0.2) is 4.99 Å². The van der Waals surface area contributed by atoms with Gasteiger partial charge in [-0.05, 0) is 25.2 Å². The molecule has 1 aliphatic rings. The number of carbonyl (C=O) groups excluding carboxylic acids is 1. The van der Waals surface area contributed by atoms with Crippen molar-refractivity contribution in [1.29, 1.82) is 0 Å². The zero-order valence-corrected chi connectivity index (χ0v) is 16.3. The number of guanidine groups is 1. The Bertz CT molecular complexity index is 396. The molecular weight excluding hydrogens is 320 g/mol. The quantitative estimate of drug-likeness (QED) is 0.265. The fourth-order valence-electron chi connectivity index (χ4n) is 2.99. The number of ether oxygens (including phenoxy) is 2. The molecule has 0 aromatic carbocycles. The van der Waals surface area contributed by atoms with E-state index < -0.39 is 0 Å². The van der Waals surface area contributed by atoms with Crippen LogP contribution in [0.5, 0.6) is 0 Å². The average Bonchev–Trinajstić information content (AvgIpc) is 2.62. The van der Waals surface area contributed by atoms with Gasteiger partial charge in [-0.1, -0.05) is 13.8 Å². The largest absolute Gasteiger partial charge is 0.469 e. The molecule has 0 saturated carbocycles. The standard InChI is InChI=1S/C18H36N4O3/c1-15(2)13-16(22-9-11-25-12-10-22)14-21-18(19-3)20-8-6-5-7-17(23)24-4/h15-16H,5-14H2,1-4H3,(H2,19,20,21).